The van der Waals surface area contributed by atoms with Gasteiger partial charge in [0.15, 0.2) is 0 Å². The third-order valence-electron chi connectivity index (χ3n) is 3.43. The van der Waals surface area contributed by atoms with E-state index in [4.69, 9.17) is 60.8 Å². The molecule has 0 aliphatic carbocycles. The van der Waals surface area contributed by atoms with E-state index in [1.54, 1.807) is 30.3 Å². The molecule has 3 rings (SSSR count). The van der Waals surface area contributed by atoms with Crippen LogP contribution in [0.5, 0.6) is 0 Å². The molecular weight excluding hydrogens is 984 g/mol. The normalized spacial score (nSPS) is 8.68. The first kappa shape index (κ1) is 43.4. The van der Waals surface area contributed by atoms with Gasteiger partial charge in [0.05, 0.1) is 5.88 Å². The van der Waals surface area contributed by atoms with Crippen molar-refractivity contribution in [2.24, 2.45) is 0 Å². The van der Waals surface area contributed by atoms with Gasteiger partial charge in [-0.25, -0.2) is 4.21 Å². The second-order valence-electron chi connectivity index (χ2n) is 6.25. The van der Waals surface area contributed by atoms with E-state index < -0.39 is 9.23 Å². The number of terminal acetylenes is 1. The standard InChI is InChI=1S/C9H5BrCl2.C9H6BrClO.C6H3BrClI.C3H4O.Cl2OS/c10-9-6-8(12)4-3-7(9)2-1-5-11;10-9-6-8(11)4-3-7(9)2-1-5-12;7-5-3-4(8)1-2-6(5)9;1-2-3-4;1-4(2)3/h3-4,6H,5H2;3-4,6,12H,5H2;1-3H;1,4H,3H2;. The third kappa shape index (κ3) is 25.4. The predicted octanol–water partition coefficient (Wildman–Crippen LogP) is 10.5. The van der Waals surface area contributed by atoms with E-state index in [0.29, 0.717) is 15.9 Å². The van der Waals surface area contributed by atoms with Crippen molar-refractivity contribution in [1.29, 1.82) is 0 Å². The smallest absolute Gasteiger partial charge is 0.211 e. The van der Waals surface area contributed by atoms with Gasteiger partial charge in [0.1, 0.15) is 13.2 Å². The fraction of sp³-hybridized carbons (Fsp3) is 0.111. The lowest BCUT2D eigenvalue weighted by molar-refractivity contribution is 0.350. The van der Waals surface area contributed by atoms with Crippen LogP contribution in [0.15, 0.2) is 68.0 Å². The zero-order valence-electron chi connectivity index (χ0n) is 20.4. The van der Waals surface area contributed by atoms with Gasteiger partial charge >= 0.3 is 0 Å². The largest absolute Gasteiger partial charge is 0.384 e. The summed E-state index contributed by atoms with van der Waals surface area (Å²) in [6.07, 6.45) is 4.53. The van der Waals surface area contributed by atoms with Crippen molar-refractivity contribution in [3.05, 3.63) is 97.8 Å². The monoisotopic (exact) mass is 996 g/mol. The Labute approximate surface area is 311 Å². The molecule has 220 valence electrons. The second-order valence-corrected chi connectivity index (χ2v) is 14.1. The fourth-order valence-electron chi connectivity index (χ4n) is 1.92. The van der Waals surface area contributed by atoms with Gasteiger partial charge in [-0.3, -0.25) is 0 Å². The number of halogens is 10. The Morgan fingerprint density at radius 2 is 1.12 bits per heavy atom. The number of hydrogen-bond donors (Lipinski definition) is 2. The van der Waals surface area contributed by atoms with Crippen LogP contribution in [0.25, 0.3) is 0 Å². The second kappa shape index (κ2) is 27.8. The molecule has 0 atom stereocenters. The van der Waals surface area contributed by atoms with E-state index in [1.165, 1.54) is 3.57 Å². The van der Waals surface area contributed by atoms with Gasteiger partial charge in [-0.2, -0.15) is 0 Å². The molecule has 0 saturated heterocycles. The van der Waals surface area contributed by atoms with Crippen LogP contribution in [0.3, 0.4) is 0 Å². The van der Waals surface area contributed by atoms with Gasteiger partial charge in [0, 0.05) is 64.5 Å². The minimum Gasteiger partial charge on any atom is -0.384 e. The fourth-order valence-corrected chi connectivity index (χ4v) is 4.56. The molecule has 2 N–H and O–H groups in total. The third-order valence-corrected chi connectivity index (χ3v) is 7.92. The summed E-state index contributed by atoms with van der Waals surface area (Å²) >= 11 is 34.8. The molecule has 3 aromatic rings. The minimum atomic E-state index is -1.67. The summed E-state index contributed by atoms with van der Waals surface area (Å²) in [5, 5.41) is 18.2. The molecule has 0 saturated carbocycles. The van der Waals surface area contributed by atoms with Crippen LogP contribution < -0.4 is 0 Å². The van der Waals surface area contributed by atoms with E-state index in [9.17, 15) is 0 Å². The van der Waals surface area contributed by atoms with Crippen LogP contribution >= 0.6 is 138 Å². The Bertz CT molecular complexity index is 1340. The molecule has 0 spiro atoms. The van der Waals surface area contributed by atoms with Crippen LogP contribution in [0.1, 0.15) is 11.1 Å². The summed E-state index contributed by atoms with van der Waals surface area (Å²) < 4.78 is 13.1. The summed E-state index contributed by atoms with van der Waals surface area (Å²) in [6, 6.07) is 16.5. The van der Waals surface area contributed by atoms with Crippen molar-refractivity contribution in [1.82, 2.24) is 0 Å². The van der Waals surface area contributed by atoms with Gasteiger partial charge in [-0.1, -0.05) is 64.4 Å². The summed E-state index contributed by atoms with van der Waals surface area (Å²) in [6.45, 7) is -0.283. The molecule has 0 bridgehead atoms. The quantitative estimate of drug-likeness (QED) is 0.0776. The highest BCUT2D eigenvalue weighted by molar-refractivity contribution is 14.1. The van der Waals surface area contributed by atoms with Crippen molar-refractivity contribution in [2.75, 3.05) is 19.1 Å². The van der Waals surface area contributed by atoms with E-state index in [-0.39, 0.29) is 13.2 Å². The number of aliphatic hydroxyl groups excluding tert-OH is 2. The first-order chi connectivity index (χ1) is 19.3. The Balaban J connectivity index is 0. The summed E-state index contributed by atoms with van der Waals surface area (Å²) in [5.41, 5.74) is 1.73. The van der Waals surface area contributed by atoms with Crippen LogP contribution in [0.2, 0.25) is 15.1 Å². The summed E-state index contributed by atoms with van der Waals surface area (Å²) in [4.78, 5) is 0. The Hall–Kier alpha value is 0.320. The molecule has 0 radical (unpaired) electrons. The van der Waals surface area contributed by atoms with Crippen molar-refractivity contribution >= 4 is 147 Å². The van der Waals surface area contributed by atoms with Gasteiger partial charge < -0.3 is 10.2 Å². The molecule has 0 heterocycles. The highest BCUT2D eigenvalue weighted by atomic mass is 127. The SMILES string of the molecule is C#CCO.ClCC#Cc1ccc(Cl)cc1Br.Clc1ccc(I)c(Br)c1.O=S(Cl)Cl.OCC#Cc1ccc(Cl)cc1Br. The number of benzene rings is 3. The zero-order valence-corrected chi connectivity index (χ0v) is 32.7. The van der Waals surface area contributed by atoms with Crippen molar-refractivity contribution in [3.8, 4) is 36.0 Å². The molecule has 0 aliphatic heterocycles. The average molecular weight is 1000 g/mol. The summed E-state index contributed by atoms with van der Waals surface area (Å²) in [5.74, 6) is 13.3. The van der Waals surface area contributed by atoms with Crippen molar-refractivity contribution in [2.45, 2.75) is 0 Å². The van der Waals surface area contributed by atoms with Crippen LogP contribution in [-0.2, 0) is 9.23 Å². The molecule has 3 nitrogen and oxygen atoms in total. The Morgan fingerprint density at radius 1 is 0.756 bits per heavy atom. The van der Waals surface area contributed by atoms with E-state index in [0.717, 1.165) is 29.6 Å². The summed E-state index contributed by atoms with van der Waals surface area (Å²) in [7, 11) is 7.36. The van der Waals surface area contributed by atoms with Crippen molar-refractivity contribution in [3.63, 3.8) is 0 Å². The first-order valence-electron chi connectivity index (χ1n) is 10.3. The maximum absolute atomic E-state index is 9.09. The Morgan fingerprint density at radius 3 is 1.41 bits per heavy atom. The van der Waals surface area contributed by atoms with Crippen molar-refractivity contribution < 1.29 is 14.4 Å². The van der Waals surface area contributed by atoms with Crippen LogP contribution in [0, 0.1) is 39.6 Å². The molecule has 41 heavy (non-hydrogen) atoms. The van der Waals surface area contributed by atoms with Gasteiger partial charge in [0.2, 0.25) is 9.23 Å². The lowest BCUT2D eigenvalue weighted by Crippen LogP contribution is -1.78. The van der Waals surface area contributed by atoms with E-state index in [1.807, 2.05) is 30.2 Å². The lowest BCUT2D eigenvalue weighted by Gasteiger charge is -1.95. The molecule has 0 unspecified atom stereocenters. The maximum Gasteiger partial charge on any atom is 0.211 e. The van der Waals surface area contributed by atoms with Crippen LogP contribution in [0.4, 0.5) is 0 Å². The average Bonchev–Trinajstić information content (AvgIpc) is 2.91. The molecule has 0 amide bonds. The molecular formula is C27H18Br3Cl6IO3S. The van der Waals surface area contributed by atoms with Gasteiger partial charge in [0.25, 0.3) is 0 Å². The number of rotatable bonds is 0. The number of aliphatic hydroxyl groups is 2. The number of hydrogen-bond acceptors (Lipinski definition) is 3. The highest BCUT2D eigenvalue weighted by Crippen LogP contribution is 2.23. The highest BCUT2D eigenvalue weighted by Gasteiger charge is 1.97. The van der Waals surface area contributed by atoms with Crippen LogP contribution in [-0.4, -0.2) is 33.5 Å². The lowest BCUT2D eigenvalue weighted by atomic mass is 10.2. The Kier molecular flexibility index (Phi) is 29.5. The maximum atomic E-state index is 9.09. The molecule has 0 aromatic heterocycles. The first-order valence-corrected chi connectivity index (χ1v) is 18.2. The predicted molar refractivity (Wildman–Crippen MR) is 198 cm³/mol. The molecule has 0 aliphatic rings. The minimum absolute atomic E-state index is 0.130. The van der Waals surface area contributed by atoms with E-state index in [2.05, 4.69) is 122 Å². The molecule has 0 fully saturated rings. The molecule has 14 heteroatoms. The van der Waals surface area contributed by atoms with Gasteiger partial charge in [-0.05, 0) is 125 Å². The topological polar surface area (TPSA) is 57.5 Å². The zero-order chi connectivity index (χ0) is 31.8. The molecule has 3 aromatic carbocycles. The van der Waals surface area contributed by atoms with Gasteiger partial charge in [-0.15, -0.1) is 18.0 Å². The van der Waals surface area contributed by atoms with E-state index >= 15 is 0 Å². The number of alkyl halides is 1.